The molecular formula is C10H18N2O2S. The van der Waals surface area contributed by atoms with Crippen molar-refractivity contribution in [2.24, 2.45) is 5.41 Å². The summed E-state index contributed by atoms with van der Waals surface area (Å²) in [6.45, 7) is 5.60. The lowest BCUT2D eigenvalue weighted by molar-refractivity contribution is -0.127. The number of nitrogens with one attached hydrogen (secondary N) is 2. The predicted molar refractivity (Wildman–Crippen MR) is 61.8 cm³/mol. The lowest BCUT2D eigenvalue weighted by Crippen LogP contribution is -2.48. The van der Waals surface area contributed by atoms with Gasteiger partial charge in [-0.25, -0.2) is 0 Å². The Balaban J connectivity index is 2.41. The first-order chi connectivity index (χ1) is 6.86. The van der Waals surface area contributed by atoms with Crippen molar-refractivity contribution >= 4 is 24.4 Å². The topological polar surface area (TPSA) is 58.2 Å². The van der Waals surface area contributed by atoms with E-state index in [2.05, 4.69) is 37.1 Å². The zero-order valence-electron chi connectivity index (χ0n) is 9.33. The molecule has 1 saturated carbocycles. The Morgan fingerprint density at radius 3 is 2.40 bits per heavy atom. The molecule has 0 radical (unpaired) electrons. The molecule has 4 nitrogen and oxygen atoms in total. The monoisotopic (exact) mass is 230 g/mol. The average Bonchev–Trinajstić information content (AvgIpc) is 2.69. The molecule has 1 fully saturated rings. The standard InChI is InChI=1S/C10H18N2O2S/c1-6(13)11-7(5-15)9(14)12-8-4-10(8,2)3/h7-8,15H,4-5H2,1-3H3,(H,11,13)(H,12,14). The quantitative estimate of drug-likeness (QED) is 0.610. The Morgan fingerprint density at radius 1 is 1.53 bits per heavy atom. The van der Waals surface area contributed by atoms with E-state index in [1.165, 1.54) is 6.92 Å². The Hall–Kier alpha value is -0.710. The number of carbonyl (C=O) groups is 2. The van der Waals surface area contributed by atoms with Crippen molar-refractivity contribution in [2.45, 2.75) is 39.3 Å². The van der Waals surface area contributed by atoms with Crippen molar-refractivity contribution in [3.05, 3.63) is 0 Å². The van der Waals surface area contributed by atoms with Gasteiger partial charge >= 0.3 is 0 Å². The molecule has 0 heterocycles. The number of rotatable bonds is 4. The van der Waals surface area contributed by atoms with Crippen LogP contribution in [-0.4, -0.2) is 29.7 Å². The van der Waals surface area contributed by atoms with Crippen LogP contribution in [0.15, 0.2) is 0 Å². The van der Waals surface area contributed by atoms with E-state index >= 15 is 0 Å². The molecule has 0 aromatic rings. The number of hydrogen-bond donors (Lipinski definition) is 3. The summed E-state index contributed by atoms with van der Waals surface area (Å²) >= 11 is 4.04. The predicted octanol–water partition coefficient (Wildman–Crippen LogP) is 0.336. The molecule has 2 atom stereocenters. The molecule has 0 aromatic carbocycles. The Labute approximate surface area is 95.6 Å². The van der Waals surface area contributed by atoms with Crippen molar-refractivity contribution in [3.63, 3.8) is 0 Å². The zero-order chi connectivity index (χ0) is 11.6. The van der Waals surface area contributed by atoms with Crippen LogP contribution in [0.5, 0.6) is 0 Å². The molecule has 0 spiro atoms. The van der Waals surface area contributed by atoms with Gasteiger partial charge in [0.1, 0.15) is 6.04 Å². The van der Waals surface area contributed by atoms with Crippen LogP contribution in [0, 0.1) is 5.41 Å². The summed E-state index contributed by atoms with van der Waals surface area (Å²) < 4.78 is 0. The van der Waals surface area contributed by atoms with Gasteiger partial charge in [-0.3, -0.25) is 9.59 Å². The van der Waals surface area contributed by atoms with E-state index in [1.54, 1.807) is 0 Å². The minimum Gasteiger partial charge on any atom is -0.351 e. The molecule has 1 rings (SSSR count). The lowest BCUT2D eigenvalue weighted by Gasteiger charge is -2.15. The molecule has 0 aromatic heterocycles. The van der Waals surface area contributed by atoms with E-state index in [0.29, 0.717) is 5.75 Å². The number of thiol groups is 1. The minimum atomic E-state index is -0.526. The number of hydrogen-bond acceptors (Lipinski definition) is 3. The van der Waals surface area contributed by atoms with Gasteiger partial charge in [-0.05, 0) is 11.8 Å². The van der Waals surface area contributed by atoms with E-state index in [9.17, 15) is 9.59 Å². The molecule has 2 N–H and O–H groups in total. The molecule has 86 valence electrons. The number of amides is 2. The third-order valence-electron chi connectivity index (χ3n) is 2.71. The van der Waals surface area contributed by atoms with Gasteiger partial charge in [-0.2, -0.15) is 12.6 Å². The van der Waals surface area contributed by atoms with Gasteiger partial charge in [0.25, 0.3) is 0 Å². The van der Waals surface area contributed by atoms with Gasteiger partial charge in [0.05, 0.1) is 0 Å². The molecular weight excluding hydrogens is 212 g/mol. The molecule has 1 aliphatic rings. The summed E-state index contributed by atoms with van der Waals surface area (Å²) in [4.78, 5) is 22.5. The van der Waals surface area contributed by atoms with E-state index in [1.807, 2.05) is 0 Å². The van der Waals surface area contributed by atoms with Crippen LogP contribution in [0.1, 0.15) is 27.2 Å². The van der Waals surface area contributed by atoms with Gasteiger partial charge < -0.3 is 10.6 Å². The highest BCUT2D eigenvalue weighted by molar-refractivity contribution is 7.80. The zero-order valence-corrected chi connectivity index (χ0v) is 10.2. The molecule has 0 saturated heterocycles. The molecule has 0 bridgehead atoms. The van der Waals surface area contributed by atoms with E-state index in [-0.39, 0.29) is 23.3 Å². The van der Waals surface area contributed by atoms with Crippen molar-refractivity contribution in [1.82, 2.24) is 10.6 Å². The van der Waals surface area contributed by atoms with Crippen molar-refractivity contribution in [2.75, 3.05) is 5.75 Å². The van der Waals surface area contributed by atoms with Crippen LogP contribution < -0.4 is 10.6 Å². The van der Waals surface area contributed by atoms with Gasteiger partial charge in [-0.1, -0.05) is 13.8 Å². The van der Waals surface area contributed by atoms with Crippen LogP contribution in [0.3, 0.4) is 0 Å². The molecule has 1 aliphatic carbocycles. The second kappa shape index (κ2) is 4.43. The van der Waals surface area contributed by atoms with Gasteiger partial charge in [-0.15, -0.1) is 0 Å². The molecule has 2 unspecified atom stereocenters. The fourth-order valence-electron chi connectivity index (χ4n) is 1.43. The molecule has 2 amide bonds. The Morgan fingerprint density at radius 2 is 2.07 bits per heavy atom. The Kier molecular flexibility index (Phi) is 3.65. The van der Waals surface area contributed by atoms with E-state index in [0.717, 1.165) is 6.42 Å². The van der Waals surface area contributed by atoms with Crippen LogP contribution in [0.4, 0.5) is 0 Å². The highest BCUT2D eigenvalue weighted by Gasteiger charge is 2.47. The van der Waals surface area contributed by atoms with Crippen molar-refractivity contribution in [1.29, 1.82) is 0 Å². The SMILES string of the molecule is CC(=O)NC(CS)C(=O)NC1CC1(C)C. The fourth-order valence-corrected chi connectivity index (χ4v) is 1.68. The van der Waals surface area contributed by atoms with E-state index < -0.39 is 6.04 Å². The van der Waals surface area contributed by atoms with Crippen LogP contribution in [-0.2, 0) is 9.59 Å². The molecule has 0 aliphatic heterocycles. The average molecular weight is 230 g/mol. The highest BCUT2D eigenvalue weighted by Crippen LogP contribution is 2.44. The maximum Gasteiger partial charge on any atom is 0.243 e. The second-order valence-electron chi connectivity index (χ2n) is 4.69. The first kappa shape index (κ1) is 12.4. The third-order valence-corrected chi connectivity index (χ3v) is 3.07. The van der Waals surface area contributed by atoms with Crippen molar-refractivity contribution < 1.29 is 9.59 Å². The fraction of sp³-hybridized carbons (Fsp3) is 0.800. The van der Waals surface area contributed by atoms with Gasteiger partial charge in [0, 0.05) is 18.7 Å². The minimum absolute atomic E-state index is 0.143. The summed E-state index contributed by atoms with van der Waals surface area (Å²) in [5, 5.41) is 5.46. The van der Waals surface area contributed by atoms with Gasteiger partial charge in [0.2, 0.25) is 11.8 Å². The smallest absolute Gasteiger partial charge is 0.243 e. The highest BCUT2D eigenvalue weighted by atomic mass is 32.1. The normalized spacial score (nSPS) is 24.1. The summed E-state index contributed by atoms with van der Waals surface area (Å²) in [5.41, 5.74) is 0.201. The second-order valence-corrected chi connectivity index (χ2v) is 5.05. The summed E-state index contributed by atoms with van der Waals surface area (Å²) in [7, 11) is 0. The summed E-state index contributed by atoms with van der Waals surface area (Å²) in [6.07, 6.45) is 0.998. The Bertz CT molecular complexity index is 279. The maximum absolute atomic E-state index is 11.7. The summed E-state index contributed by atoms with van der Waals surface area (Å²) in [5.74, 6) is -0.0338. The number of carbonyl (C=O) groups excluding carboxylic acids is 2. The first-order valence-corrected chi connectivity index (χ1v) is 5.68. The van der Waals surface area contributed by atoms with Gasteiger partial charge in [0.15, 0.2) is 0 Å². The first-order valence-electron chi connectivity index (χ1n) is 5.05. The van der Waals surface area contributed by atoms with Crippen LogP contribution in [0.2, 0.25) is 0 Å². The van der Waals surface area contributed by atoms with Crippen molar-refractivity contribution in [3.8, 4) is 0 Å². The van der Waals surface area contributed by atoms with E-state index in [4.69, 9.17) is 0 Å². The van der Waals surface area contributed by atoms with Crippen LogP contribution in [0.25, 0.3) is 0 Å². The third kappa shape index (κ3) is 3.41. The maximum atomic E-state index is 11.7. The molecule has 5 heteroatoms. The largest absolute Gasteiger partial charge is 0.351 e. The lowest BCUT2D eigenvalue weighted by atomic mass is 10.2. The molecule has 15 heavy (non-hydrogen) atoms. The summed E-state index contributed by atoms with van der Waals surface area (Å²) in [6, 6.07) is -0.289. The van der Waals surface area contributed by atoms with Crippen LogP contribution >= 0.6 is 12.6 Å².